The molecule has 2 amide bonds. The van der Waals surface area contributed by atoms with Crippen LogP contribution in [0.4, 0.5) is 8.78 Å². The van der Waals surface area contributed by atoms with Gasteiger partial charge in [0.25, 0.3) is 11.8 Å². The third-order valence-corrected chi connectivity index (χ3v) is 5.40. The maximum atomic E-state index is 13.7. The number of amides is 2. The average molecular weight is 419 g/mol. The lowest BCUT2D eigenvalue weighted by atomic mass is 10.1. The number of aromatic hydroxyl groups is 1. The molecule has 3 heterocycles. The van der Waals surface area contributed by atoms with Gasteiger partial charge in [-0.2, -0.15) is 0 Å². The number of rotatable bonds is 4. The van der Waals surface area contributed by atoms with Crippen LogP contribution in [0.1, 0.15) is 39.8 Å². The van der Waals surface area contributed by atoms with Crippen molar-refractivity contribution in [3.8, 4) is 5.75 Å². The van der Waals surface area contributed by atoms with Crippen LogP contribution in [0, 0.1) is 11.6 Å². The molecule has 1 saturated heterocycles. The highest BCUT2D eigenvalue weighted by Crippen LogP contribution is 2.30. The summed E-state index contributed by atoms with van der Waals surface area (Å²) < 4.78 is 33.7. The van der Waals surface area contributed by atoms with Gasteiger partial charge < -0.3 is 24.6 Å². The lowest BCUT2D eigenvalue weighted by Crippen LogP contribution is -2.49. The molecular weight excluding hydrogens is 400 g/mol. The fourth-order valence-corrected chi connectivity index (χ4v) is 3.78. The maximum Gasteiger partial charge on any atom is 0.276 e. The van der Waals surface area contributed by atoms with Gasteiger partial charge in [0, 0.05) is 24.4 Å². The molecule has 30 heavy (non-hydrogen) atoms. The van der Waals surface area contributed by atoms with Crippen molar-refractivity contribution >= 4 is 11.8 Å². The first-order valence-corrected chi connectivity index (χ1v) is 9.44. The molecule has 0 radical (unpaired) electrons. The number of hydrogen-bond donors (Lipinski definition) is 2. The van der Waals surface area contributed by atoms with Crippen molar-refractivity contribution in [1.29, 1.82) is 0 Å². The monoisotopic (exact) mass is 419 g/mol. The van der Waals surface area contributed by atoms with Crippen molar-refractivity contribution in [2.75, 3.05) is 6.61 Å². The topological polar surface area (TPSA) is 101 Å². The Bertz CT molecular complexity index is 1100. The van der Waals surface area contributed by atoms with E-state index in [1.54, 1.807) is 0 Å². The summed E-state index contributed by atoms with van der Waals surface area (Å²) in [5.41, 5.74) is -1.56. The predicted molar refractivity (Wildman–Crippen MR) is 99.9 cm³/mol. The summed E-state index contributed by atoms with van der Waals surface area (Å²) in [5.74, 6) is -3.80. The summed E-state index contributed by atoms with van der Waals surface area (Å²) in [6, 6.07) is 2.76. The third kappa shape index (κ3) is 3.22. The Kier molecular flexibility index (Phi) is 5.02. The fraction of sp³-hybridized carbons (Fsp3) is 0.350. The Morgan fingerprint density at radius 3 is 2.80 bits per heavy atom. The van der Waals surface area contributed by atoms with Gasteiger partial charge in [-0.25, -0.2) is 8.78 Å². The summed E-state index contributed by atoms with van der Waals surface area (Å²) in [6.45, 7) is 2.12. The zero-order valence-corrected chi connectivity index (χ0v) is 16.0. The standard InChI is InChI=1S/C20H19F2N3O5/c1-2-12-9-30-15-8-24-7-13(17(26)18(27)16(24)20(29)25(12)15)19(28)23-6-10-3-4-11(21)5-14(10)22/h3-5,7,12,15,27H,2,6,8-9H2,1H3,(H,23,28)/t12-,15+/m0/s1. The van der Waals surface area contributed by atoms with Crippen LogP contribution < -0.4 is 10.7 Å². The number of fused-ring (bicyclic) bond motifs is 2. The molecule has 0 aliphatic carbocycles. The molecule has 8 nitrogen and oxygen atoms in total. The van der Waals surface area contributed by atoms with E-state index >= 15 is 0 Å². The number of halogens is 2. The Morgan fingerprint density at radius 1 is 1.33 bits per heavy atom. The lowest BCUT2D eigenvalue weighted by Gasteiger charge is -2.34. The van der Waals surface area contributed by atoms with E-state index in [4.69, 9.17) is 4.74 Å². The molecule has 2 aliphatic rings. The van der Waals surface area contributed by atoms with Crippen LogP contribution in [0.25, 0.3) is 0 Å². The number of aromatic nitrogens is 1. The highest BCUT2D eigenvalue weighted by Gasteiger charge is 2.43. The molecule has 0 unspecified atom stereocenters. The summed E-state index contributed by atoms with van der Waals surface area (Å²) in [4.78, 5) is 39.4. The van der Waals surface area contributed by atoms with Crippen molar-refractivity contribution in [2.24, 2.45) is 0 Å². The predicted octanol–water partition coefficient (Wildman–Crippen LogP) is 1.35. The van der Waals surface area contributed by atoms with Gasteiger partial charge >= 0.3 is 0 Å². The normalized spacial score (nSPS) is 20.1. The van der Waals surface area contributed by atoms with Gasteiger partial charge in [0.15, 0.2) is 17.7 Å². The number of pyridine rings is 1. The molecule has 0 saturated carbocycles. The van der Waals surface area contributed by atoms with Crippen molar-refractivity contribution in [3.05, 3.63) is 63.1 Å². The molecular formula is C20H19F2N3O5. The van der Waals surface area contributed by atoms with Crippen LogP contribution in [0.2, 0.25) is 0 Å². The Hall–Kier alpha value is -3.27. The highest BCUT2D eigenvalue weighted by molar-refractivity contribution is 5.99. The molecule has 1 aromatic carbocycles. The molecule has 1 aromatic heterocycles. The van der Waals surface area contributed by atoms with E-state index in [-0.39, 0.29) is 30.4 Å². The quantitative estimate of drug-likeness (QED) is 0.779. The minimum Gasteiger partial charge on any atom is -0.503 e. The molecule has 10 heteroatoms. The number of nitrogens with one attached hydrogen (secondary N) is 1. The summed E-state index contributed by atoms with van der Waals surface area (Å²) in [6.07, 6.45) is 1.29. The molecule has 2 N–H and O–H groups in total. The Morgan fingerprint density at radius 2 is 2.10 bits per heavy atom. The Balaban J connectivity index is 1.62. The van der Waals surface area contributed by atoms with Gasteiger partial charge in [0.1, 0.15) is 17.2 Å². The number of nitrogens with zero attached hydrogens (tertiary/aromatic N) is 2. The largest absolute Gasteiger partial charge is 0.503 e. The number of ether oxygens (including phenoxy) is 1. The average Bonchev–Trinajstić information content (AvgIpc) is 3.13. The molecule has 158 valence electrons. The van der Waals surface area contributed by atoms with E-state index in [1.807, 2.05) is 6.92 Å². The van der Waals surface area contributed by atoms with Gasteiger partial charge in [0.05, 0.1) is 19.2 Å². The van der Waals surface area contributed by atoms with E-state index in [0.717, 1.165) is 6.07 Å². The van der Waals surface area contributed by atoms with E-state index < -0.39 is 46.4 Å². The Labute approximate surface area is 169 Å². The van der Waals surface area contributed by atoms with E-state index in [9.17, 15) is 28.3 Å². The molecule has 2 aromatic rings. The van der Waals surface area contributed by atoms with Crippen molar-refractivity contribution in [3.63, 3.8) is 0 Å². The summed E-state index contributed by atoms with van der Waals surface area (Å²) >= 11 is 0. The highest BCUT2D eigenvalue weighted by atomic mass is 19.1. The first-order chi connectivity index (χ1) is 14.3. The second-order valence-corrected chi connectivity index (χ2v) is 7.20. The van der Waals surface area contributed by atoms with Gasteiger partial charge in [-0.05, 0) is 12.5 Å². The maximum absolute atomic E-state index is 13.7. The number of carbonyl (C=O) groups is 2. The van der Waals surface area contributed by atoms with Crippen LogP contribution in [-0.2, 0) is 17.8 Å². The van der Waals surface area contributed by atoms with Crippen molar-refractivity contribution in [1.82, 2.24) is 14.8 Å². The van der Waals surface area contributed by atoms with Crippen LogP contribution in [-0.4, -0.2) is 45.3 Å². The second kappa shape index (κ2) is 7.52. The zero-order chi connectivity index (χ0) is 21.6. The number of carbonyl (C=O) groups excluding carboxylic acids is 2. The SMILES string of the molecule is CC[C@H]1CO[C@@H]2Cn3cc(C(=O)NCc4ccc(F)cc4F)c(=O)c(O)c3C(=O)N12. The van der Waals surface area contributed by atoms with Crippen molar-refractivity contribution < 1.29 is 28.2 Å². The van der Waals surface area contributed by atoms with Crippen molar-refractivity contribution in [2.45, 2.75) is 38.7 Å². The van der Waals surface area contributed by atoms with Crippen LogP contribution in [0.5, 0.6) is 5.75 Å². The smallest absolute Gasteiger partial charge is 0.276 e. The second-order valence-electron chi connectivity index (χ2n) is 7.20. The van der Waals surface area contributed by atoms with Gasteiger partial charge in [-0.3, -0.25) is 14.4 Å². The van der Waals surface area contributed by atoms with Gasteiger partial charge in [0.2, 0.25) is 5.43 Å². The molecule has 2 aliphatic heterocycles. The molecule has 0 bridgehead atoms. The first kappa shape index (κ1) is 20.0. The van der Waals surface area contributed by atoms with E-state index in [1.165, 1.54) is 21.7 Å². The molecule has 2 atom stereocenters. The van der Waals surface area contributed by atoms with E-state index in [2.05, 4.69) is 5.32 Å². The summed E-state index contributed by atoms with van der Waals surface area (Å²) in [5, 5.41) is 12.8. The van der Waals surface area contributed by atoms with Gasteiger partial charge in [-0.1, -0.05) is 13.0 Å². The van der Waals surface area contributed by atoms with E-state index in [0.29, 0.717) is 19.1 Å². The minimum atomic E-state index is -1.00. The lowest BCUT2D eigenvalue weighted by molar-refractivity contribution is 0.00563. The number of benzene rings is 1. The molecule has 0 spiro atoms. The molecule has 1 fully saturated rings. The van der Waals surface area contributed by atoms with Crippen LogP contribution in [0.15, 0.2) is 29.2 Å². The van der Waals surface area contributed by atoms with Crippen LogP contribution in [0.3, 0.4) is 0 Å². The first-order valence-electron chi connectivity index (χ1n) is 9.44. The summed E-state index contributed by atoms with van der Waals surface area (Å²) in [7, 11) is 0. The minimum absolute atomic E-state index is 0.0304. The zero-order valence-electron chi connectivity index (χ0n) is 16.0. The van der Waals surface area contributed by atoms with Gasteiger partial charge in [-0.15, -0.1) is 0 Å². The third-order valence-electron chi connectivity index (χ3n) is 5.40. The van der Waals surface area contributed by atoms with Crippen LogP contribution >= 0.6 is 0 Å². The molecule has 4 rings (SSSR count). The number of hydrogen-bond acceptors (Lipinski definition) is 5. The fourth-order valence-electron chi connectivity index (χ4n) is 3.78.